The molecular formula is C21H20F3N3O5. The smallest absolute Gasteiger partial charge is 0.274 e. The average molecular weight is 451 g/mol. The fourth-order valence-electron chi connectivity index (χ4n) is 4.25. The van der Waals surface area contributed by atoms with Crippen LogP contribution in [-0.2, 0) is 11.3 Å². The molecule has 3 heterocycles. The van der Waals surface area contributed by atoms with Crippen LogP contribution < -0.4 is 10.7 Å². The SMILES string of the molecule is COC1CCCN2CC1n1cc(C(=O)NCc3c(F)cc(F)cc3F)c(=O)c(O)c1C2=O. The second kappa shape index (κ2) is 8.30. The van der Waals surface area contributed by atoms with E-state index in [4.69, 9.17) is 4.74 Å². The van der Waals surface area contributed by atoms with E-state index in [9.17, 15) is 32.7 Å². The van der Waals surface area contributed by atoms with Crippen LogP contribution in [0.5, 0.6) is 5.75 Å². The van der Waals surface area contributed by atoms with Gasteiger partial charge in [-0.2, -0.15) is 0 Å². The third kappa shape index (κ3) is 3.62. The van der Waals surface area contributed by atoms with Crippen LogP contribution in [0.4, 0.5) is 13.2 Å². The lowest BCUT2D eigenvalue weighted by Gasteiger charge is -2.36. The minimum absolute atomic E-state index is 0.234. The summed E-state index contributed by atoms with van der Waals surface area (Å²) in [4.78, 5) is 39.6. The van der Waals surface area contributed by atoms with Crippen molar-refractivity contribution >= 4 is 11.8 Å². The molecule has 0 spiro atoms. The van der Waals surface area contributed by atoms with Gasteiger partial charge in [0.2, 0.25) is 5.43 Å². The van der Waals surface area contributed by atoms with Gasteiger partial charge >= 0.3 is 0 Å². The quantitative estimate of drug-likeness (QED) is 0.737. The maximum atomic E-state index is 13.8. The molecule has 8 nitrogen and oxygen atoms in total. The van der Waals surface area contributed by atoms with E-state index in [1.165, 1.54) is 16.6 Å². The fraction of sp³-hybridized carbons (Fsp3) is 0.381. The second-order valence-corrected chi connectivity index (χ2v) is 7.74. The number of aromatic nitrogens is 1. The number of methoxy groups -OCH3 is 1. The summed E-state index contributed by atoms with van der Waals surface area (Å²) in [6.07, 6.45) is 2.12. The Labute approximate surface area is 180 Å². The number of nitrogens with zero attached hydrogens (tertiary/aromatic N) is 2. The molecule has 2 unspecified atom stereocenters. The van der Waals surface area contributed by atoms with E-state index in [0.717, 1.165) is 6.20 Å². The number of fused-ring (bicyclic) bond motifs is 4. The minimum Gasteiger partial charge on any atom is -0.503 e. The first-order chi connectivity index (χ1) is 15.2. The summed E-state index contributed by atoms with van der Waals surface area (Å²) < 4.78 is 47.7. The maximum absolute atomic E-state index is 13.8. The third-order valence-electron chi connectivity index (χ3n) is 5.89. The van der Waals surface area contributed by atoms with Crippen molar-refractivity contribution in [3.63, 3.8) is 0 Å². The Hall–Kier alpha value is -3.34. The minimum atomic E-state index is -1.19. The van der Waals surface area contributed by atoms with Gasteiger partial charge in [-0.25, -0.2) is 13.2 Å². The number of carbonyl (C=O) groups is 2. The van der Waals surface area contributed by atoms with E-state index in [1.807, 2.05) is 0 Å². The molecule has 2 N–H and O–H groups in total. The summed E-state index contributed by atoms with van der Waals surface area (Å²) in [7, 11) is 1.51. The lowest BCUT2D eigenvalue weighted by molar-refractivity contribution is 0.0352. The zero-order chi connectivity index (χ0) is 23.2. The molecule has 170 valence electrons. The number of amides is 2. The molecule has 4 rings (SSSR count). The molecule has 32 heavy (non-hydrogen) atoms. The number of pyridine rings is 1. The Bertz CT molecular complexity index is 1140. The van der Waals surface area contributed by atoms with Crippen molar-refractivity contribution in [3.05, 3.63) is 62.8 Å². The van der Waals surface area contributed by atoms with Crippen molar-refractivity contribution in [3.8, 4) is 5.75 Å². The molecule has 2 aliphatic heterocycles. The molecule has 1 saturated heterocycles. The van der Waals surface area contributed by atoms with Crippen LogP contribution in [0.1, 0.15) is 45.3 Å². The first-order valence-corrected chi connectivity index (χ1v) is 9.94. The van der Waals surface area contributed by atoms with Gasteiger partial charge in [0.25, 0.3) is 11.8 Å². The van der Waals surface area contributed by atoms with Crippen LogP contribution in [0.2, 0.25) is 0 Å². The number of halogens is 3. The normalized spacial score (nSPS) is 20.0. The maximum Gasteiger partial charge on any atom is 0.274 e. The van der Waals surface area contributed by atoms with Gasteiger partial charge in [-0.3, -0.25) is 14.4 Å². The summed E-state index contributed by atoms with van der Waals surface area (Å²) in [5, 5.41) is 12.7. The Morgan fingerprint density at radius 3 is 2.59 bits per heavy atom. The monoisotopic (exact) mass is 451 g/mol. The lowest BCUT2D eigenvalue weighted by atomic mass is 10.0. The lowest BCUT2D eigenvalue weighted by Crippen LogP contribution is -2.47. The van der Waals surface area contributed by atoms with Crippen molar-refractivity contribution in [2.24, 2.45) is 0 Å². The Morgan fingerprint density at radius 2 is 1.94 bits per heavy atom. The van der Waals surface area contributed by atoms with Crippen molar-refractivity contribution < 1.29 is 32.6 Å². The van der Waals surface area contributed by atoms with Crippen LogP contribution in [0, 0.1) is 17.5 Å². The average Bonchev–Trinajstić information content (AvgIpc) is 2.93. The van der Waals surface area contributed by atoms with E-state index in [0.29, 0.717) is 31.5 Å². The molecule has 0 radical (unpaired) electrons. The number of hydrogen-bond donors (Lipinski definition) is 2. The number of hydrogen-bond acceptors (Lipinski definition) is 5. The highest BCUT2D eigenvalue weighted by Crippen LogP contribution is 2.33. The molecule has 2 amide bonds. The Morgan fingerprint density at radius 1 is 1.25 bits per heavy atom. The topological polar surface area (TPSA) is 101 Å². The van der Waals surface area contributed by atoms with Gasteiger partial charge < -0.3 is 24.6 Å². The van der Waals surface area contributed by atoms with E-state index < -0.39 is 64.2 Å². The molecule has 0 aliphatic carbocycles. The van der Waals surface area contributed by atoms with Crippen molar-refractivity contribution in [1.82, 2.24) is 14.8 Å². The van der Waals surface area contributed by atoms with E-state index in [2.05, 4.69) is 5.32 Å². The van der Waals surface area contributed by atoms with Crippen LogP contribution in [0.15, 0.2) is 23.1 Å². The number of rotatable bonds is 4. The first-order valence-electron chi connectivity index (χ1n) is 9.94. The number of benzene rings is 1. The van der Waals surface area contributed by atoms with Crippen molar-refractivity contribution in [2.45, 2.75) is 31.5 Å². The molecule has 2 atom stereocenters. The highest BCUT2D eigenvalue weighted by Gasteiger charge is 2.40. The zero-order valence-electron chi connectivity index (χ0n) is 17.0. The van der Waals surface area contributed by atoms with Gasteiger partial charge in [-0.15, -0.1) is 0 Å². The Kier molecular flexibility index (Phi) is 5.68. The van der Waals surface area contributed by atoms with Gasteiger partial charge in [0.1, 0.15) is 23.0 Å². The molecule has 2 aromatic rings. The first kappa shape index (κ1) is 21.9. The van der Waals surface area contributed by atoms with E-state index >= 15 is 0 Å². The Balaban J connectivity index is 1.70. The summed E-state index contributed by atoms with van der Waals surface area (Å²) in [6.45, 7) is 0.0646. The van der Waals surface area contributed by atoms with Crippen LogP contribution in [0.3, 0.4) is 0 Å². The summed E-state index contributed by atoms with van der Waals surface area (Å²) >= 11 is 0. The molecule has 11 heteroatoms. The molecule has 2 bridgehead atoms. The van der Waals surface area contributed by atoms with E-state index in [1.54, 1.807) is 0 Å². The predicted octanol–water partition coefficient (Wildman–Crippen LogP) is 1.71. The number of carbonyl (C=O) groups excluding carboxylic acids is 2. The van der Waals surface area contributed by atoms with Gasteiger partial charge in [0.05, 0.1) is 12.1 Å². The summed E-state index contributed by atoms with van der Waals surface area (Å²) in [6, 6.07) is 0.497. The van der Waals surface area contributed by atoms with Gasteiger partial charge in [0.15, 0.2) is 11.4 Å². The molecule has 0 saturated carbocycles. The second-order valence-electron chi connectivity index (χ2n) is 7.74. The number of aromatic hydroxyl groups is 1. The molecule has 1 aromatic carbocycles. The van der Waals surface area contributed by atoms with Gasteiger partial charge in [0, 0.05) is 50.6 Å². The zero-order valence-corrected chi connectivity index (χ0v) is 17.0. The highest BCUT2D eigenvalue weighted by molar-refractivity contribution is 5.99. The van der Waals surface area contributed by atoms with Crippen molar-refractivity contribution in [2.75, 3.05) is 20.2 Å². The third-order valence-corrected chi connectivity index (χ3v) is 5.89. The summed E-state index contributed by atoms with van der Waals surface area (Å²) in [5.74, 6) is -5.92. The van der Waals surface area contributed by atoms with Crippen molar-refractivity contribution in [1.29, 1.82) is 0 Å². The highest BCUT2D eigenvalue weighted by atomic mass is 19.1. The van der Waals surface area contributed by atoms with Crippen LogP contribution >= 0.6 is 0 Å². The fourth-order valence-corrected chi connectivity index (χ4v) is 4.25. The largest absolute Gasteiger partial charge is 0.503 e. The number of nitrogens with one attached hydrogen (secondary N) is 1. The van der Waals surface area contributed by atoms with Gasteiger partial charge in [-0.05, 0) is 12.8 Å². The molecule has 2 aliphatic rings. The standard InChI is InChI=1S/C21H20F3N3O5/c1-32-16-3-2-4-26-9-15(16)27-8-12(18(28)19(29)17(27)21(26)31)20(30)25-7-11-13(23)5-10(22)6-14(11)24/h5-6,8,15-16,29H,2-4,7,9H2,1H3,(H,25,30). The van der Waals surface area contributed by atoms with Gasteiger partial charge in [-0.1, -0.05) is 0 Å². The van der Waals surface area contributed by atoms with Crippen LogP contribution in [-0.4, -0.2) is 52.7 Å². The van der Waals surface area contributed by atoms with Crippen LogP contribution in [0.25, 0.3) is 0 Å². The molecule has 1 aromatic heterocycles. The van der Waals surface area contributed by atoms with E-state index in [-0.39, 0.29) is 18.3 Å². The molecule has 1 fully saturated rings. The number of ether oxygens (including phenoxy) is 1. The molecular weight excluding hydrogens is 431 g/mol. The predicted molar refractivity (Wildman–Crippen MR) is 105 cm³/mol. The summed E-state index contributed by atoms with van der Waals surface area (Å²) in [5.41, 5.74) is -2.41.